The second-order valence-corrected chi connectivity index (χ2v) is 3.66. The molecule has 0 aromatic rings. The van der Waals surface area contributed by atoms with E-state index in [0.717, 1.165) is 25.9 Å². The Balaban J connectivity index is 2.12. The molecule has 0 aromatic heterocycles. The SMILES string of the molecule is O=C1C2CCCCN1CCC2. The Bertz CT molecular complexity index is 151. The molecule has 62 valence electrons. The minimum atomic E-state index is 0.395. The Hall–Kier alpha value is -0.530. The number of hydrogen-bond donors (Lipinski definition) is 0. The van der Waals surface area contributed by atoms with Gasteiger partial charge < -0.3 is 4.90 Å². The predicted molar refractivity (Wildman–Crippen MR) is 43.2 cm³/mol. The summed E-state index contributed by atoms with van der Waals surface area (Å²) < 4.78 is 0. The van der Waals surface area contributed by atoms with Crippen LogP contribution in [-0.2, 0) is 4.79 Å². The van der Waals surface area contributed by atoms with Gasteiger partial charge in [0.25, 0.3) is 0 Å². The van der Waals surface area contributed by atoms with Crippen LogP contribution in [0.4, 0.5) is 0 Å². The predicted octanol–water partition coefficient (Wildman–Crippen LogP) is 1.41. The molecule has 0 aromatic carbocycles. The van der Waals surface area contributed by atoms with Gasteiger partial charge in [0.15, 0.2) is 0 Å². The van der Waals surface area contributed by atoms with Gasteiger partial charge in [0.2, 0.25) is 5.91 Å². The maximum absolute atomic E-state index is 11.6. The van der Waals surface area contributed by atoms with Crippen LogP contribution in [0.1, 0.15) is 32.1 Å². The molecule has 0 radical (unpaired) electrons. The van der Waals surface area contributed by atoms with Crippen LogP contribution >= 0.6 is 0 Å². The molecule has 2 rings (SSSR count). The van der Waals surface area contributed by atoms with Crippen LogP contribution in [-0.4, -0.2) is 23.9 Å². The molecule has 0 aliphatic carbocycles. The zero-order chi connectivity index (χ0) is 7.68. The van der Waals surface area contributed by atoms with Gasteiger partial charge in [0, 0.05) is 19.0 Å². The average Bonchev–Trinajstić information content (AvgIpc) is 2.17. The van der Waals surface area contributed by atoms with Crippen LogP contribution in [0.15, 0.2) is 0 Å². The van der Waals surface area contributed by atoms with Crippen molar-refractivity contribution >= 4 is 5.91 Å². The van der Waals surface area contributed by atoms with Gasteiger partial charge in [-0.2, -0.15) is 0 Å². The normalized spacial score (nSPS) is 31.8. The Kier molecular flexibility index (Phi) is 1.84. The second kappa shape index (κ2) is 2.84. The quantitative estimate of drug-likeness (QED) is 0.515. The maximum Gasteiger partial charge on any atom is 0.225 e. The number of amides is 1. The van der Waals surface area contributed by atoms with Crippen LogP contribution in [0.3, 0.4) is 0 Å². The van der Waals surface area contributed by atoms with Crippen LogP contribution in [0.2, 0.25) is 0 Å². The van der Waals surface area contributed by atoms with Crippen molar-refractivity contribution in [3.05, 3.63) is 0 Å². The van der Waals surface area contributed by atoms with E-state index in [0.29, 0.717) is 11.8 Å². The molecule has 11 heavy (non-hydrogen) atoms. The molecular formula is C9H15NO. The molecule has 2 saturated heterocycles. The highest BCUT2D eigenvalue weighted by molar-refractivity contribution is 5.79. The summed E-state index contributed by atoms with van der Waals surface area (Å²) in [4.78, 5) is 13.6. The van der Waals surface area contributed by atoms with Gasteiger partial charge >= 0.3 is 0 Å². The number of fused-ring (bicyclic) bond motifs is 2. The van der Waals surface area contributed by atoms with Gasteiger partial charge in [0.05, 0.1) is 0 Å². The Labute approximate surface area is 67.6 Å². The molecule has 2 aliphatic rings. The smallest absolute Gasteiger partial charge is 0.225 e. The third-order valence-electron chi connectivity index (χ3n) is 2.87. The number of hydrogen-bond acceptors (Lipinski definition) is 1. The van der Waals surface area contributed by atoms with E-state index in [-0.39, 0.29) is 0 Å². The van der Waals surface area contributed by atoms with Gasteiger partial charge in [-0.15, -0.1) is 0 Å². The summed E-state index contributed by atoms with van der Waals surface area (Å²) in [5.74, 6) is 0.833. The van der Waals surface area contributed by atoms with E-state index < -0.39 is 0 Å². The van der Waals surface area contributed by atoms with Crippen molar-refractivity contribution in [2.45, 2.75) is 32.1 Å². The van der Waals surface area contributed by atoms with Gasteiger partial charge in [-0.1, -0.05) is 6.42 Å². The minimum absolute atomic E-state index is 0.395. The van der Waals surface area contributed by atoms with Gasteiger partial charge in [-0.3, -0.25) is 4.79 Å². The summed E-state index contributed by atoms with van der Waals surface area (Å²) in [6.45, 7) is 2.05. The molecule has 2 nitrogen and oxygen atoms in total. The maximum atomic E-state index is 11.6. The van der Waals surface area contributed by atoms with E-state index in [1.807, 2.05) is 0 Å². The molecule has 2 bridgehead atoms. The molecule has 2 heteroatoms. The summed E-state index contributed by atoms with van der Waals surface area (Å²) in [7, 11) is 0. The van der Waals surface area contributed by atoms with E-state index in [2.05, 4.69) is 4.90 Å². The molecule has 0 N–H and O–H groups in total. The minimum Gasteiger partial charge on any atom is -0.342 e. The van der Waals surface area contributed by atoms with Gasteiger partial charge in [-0.25, -0.2) is 0 Å². The van der Waals surface area contributed by atoms with Gasteiger partial charge in [-0.05, 0) is 25.7 Å². The lowest BCUT2D eigenvalue weighted by molar-refractivity contribution is -0.137. The van der Waals surface area contributed by atoms with Crippen molar-refractivity contribution in [1.29, 1.82) is 0 Å². The zero-order valence-electron chi connectivity index (χ0n) is 6.88. The van der Waals surface area contributed by atoms with Gasteiger partial charge in [0.1, 0.15) is 0 Å². The fourth-order valence-electron chi connectivity index (χ4n) is 2.20. The summed E-state index contributed by atoms with van der Waals surface area (Å²) in [5.41, 5.74) is 0. The highest BCUT2D eigenvalue weighted by Gasteiger charge is 2.29. The summed E-state index contributed by atoms with van der Waals surface area (Å²) in [6, 6.07) is 0. The monoisotopic (exact) mass is 153 g/mol. The van der Waals surface area contributed by atoms with Crippen molar-refractivity contribution in [2.75, 3.05) is 13.1 Å². The second-order valence-electron chi connectivity index (χ2n) is 3.66. The van der Waals surface area contributed by atoms with Crippen molar-refractivity contribution in [3.63, 3.8) is 0 Å². The highest BCUT2D eigenvalue weighted by atomic mass is 16.2. The number of nitrogens with zero attached hydrogens (tertiary/aromatic N) is 1. The third kappa shape index (κ3) is 1.26. The first kappa shape index (κ1) is 7.14. The Morgan fingerprint density at radius 3 is 2.73 bits per heavy atom. The fourth-order valence-corrected chi connectivity index (χ4v) is 2.20. The van der Waals surface area contributed by atoms with Crippen LogP contribution in [0, 0.1) is 5.92 Å². The molecule has 1 amide bonds. The van der Waals surface area contributed by atoms with Crippen molar-refractivity contribution in [3.8, 4) is 0 Å². The van der Waals surface area contributed by atoms with E-state index in [9.17, 15) is 4.79 Å². The zero-order valence-corrected chi connectivity index (χ0v) is 6.88. The topological polar surface area (TPSA) is 20.3 Å². The number of rotatable bonds is 0. The Morgan fingerprint density at radius 2 is 1.82 bits per heavy atom. The standard InChI is InChI=1S/C9H15NO/c11-9-8-4-1-2-6-10(9)7-3-5-8/h8H,1-7H2. The van der Waals surface area contributed by atoms with E-state index in [4.69, 9.17) is 0 Å². The average molecular weight is 153 g/mol. The number of carbonyl (C=O) groups excluding carboxylic acids is 1. The van der Waals surface area contributed by atoms with E-state index in [1.54, 1.807) is 0 Å². The van der Waals surface area contributed by atoms with Crippen LogP contribution in [0.25, 0.3) is 0 Å². The first-order chi connectivity index (χ1) is 5.38. The van der Waals surface area contributed by atoms with E-state index in [1.165, 1.54) is 19.3 Å². The van der Waals surface area contributed by atoms with Crippen LogP contribution < -0.4 is 0 Å². The van der Waals surface area contributed by atoms with Crippen molar-refractivity contribution in [2.24, 2.45) is 5.92 Å². The molecule has 2 aliphatic heterocycles. The lowest BCUT2D eigenvalue weighted by Gasteiger charge is -2.29. The Morgan fingerprint density at radius 1 is 1.09 bits per heavy atom. The molecule has 1 atom stereocenters. The largest absolute Gasteiger partial charge is 0.342 e. The van der Waals surface area contributed by atoms with Crippen molar-refractivity contribution < 1.29 is 4.79 Å². The van der Waals surface area contributed by atoms with Crippen LogP contribution in [0.5, 0.6) is 0 Å². The number of piperidine rings is 1. The molecule has 0 spiro atoms. The third-order valence-corrected chi connectivity index (χ3v) is 2.87. The summed E-state index contributed by atoms with van der Waals surface area (Å²) in [6.07, 6.45) is 6.01. The molecule has 2 heterocycles. The summed E-state index contributed by atoms with van der Waals surface area (Å²) >= 11 is 0. The lowest BCUT2D eigenvalue weighted by Crippen LogP contribution is -2.39. The first-order valence-corrected chi connectivity index (χ1v) is 4.67. The fraction of sp³-hybridized carbons (Fsp3) is 0.889. The first-order valence-electron chi connectivity index (χ1n) is 4.67. The molecular weight excluding hydrogens is 138 g/mol. The number of carbonyl (C=O) groups is 1. The highest BCUT2D eigenvalue weighted by Crippen LogP contribution is 2.26. The van der Waals surface area contributed by atoms with E-state index >= 15 is 0 Å². The molecule has 0 saturated carbocycles. The lowest BCUT2D eigenvalue weighted by atomic mass is 9.94. The molecule has 1 unspecified atom stereocenters. The molecule has 2 fully saturated rings. The summed E-state index contributed by atoms with van der Waals surface area (Å²) in [5, 5.41) is 0. The van der Waals surface area contributed by atoms with Crippen molar-refractivity contribution in [1.82, 2.24) is 4.90 Å².